The van der Waals surface area contributed by atoms with E-state index in [9.17, 15) is 17.6 Å². The number of para-hydroxylation sites is 1. The molecule has 0 saturated carbocycles. The zero-order chi connectivity index (χ0) is 22.9. The van der Waals surface area contributed by atoms with Crippen molar-refractivity contribution in [3.8, 4) is 0 Å². The van der Waals surface area contributed by atoms with Crippen LogP contribution in [0, 0.1) is 12.7 Å². The van der Waals surface area contributed by atoms with Crippen LogP contribution in [0.4, 0.5) is 10.1 Å². The third kappa shape index (κ3) is 4.54. The first kappa shape index (κ1) is 22.8. The molecule has 32 heavy (non-hydrogen) atoms. The van der Waals surface area contributed by atoms with Crippen LogP contribution < -0.4 is 5.32 Å². The second-order valence-electron chi connectivity index (χ2n) is 7.42. The van der Waals surface area contributed by atoms with Gasteiger partial charge in [0.2, 0.25) is 15.0 Å². The van der Waals surface area contributed by atoms with Gasteiger partial charge in [0.05, 0.1) is 10.6 Å². The number of benzene rings is 2. The smallest absolute Gasteiger partial charge is 0.286 e. The van der Waals surface area contributed by atoms with E-state index in [4.69, 9.17) is 11.6 Å². The highest BCUT2D eigenvalue weighted by molar-refractivity contribution is 7.89. The summed E-state index contributed by atoms with van der Waals surface area (Å²) in [6.45, 7) is 2.35. The van der Waals surface area contributed by atoms with Gasteiger partial charge < -0.3 is 5.32 Å². The molecule has 0 bridgehead atoms. The van der Waals surface area contributed by atoms with Crippen molar-refractivity contribution in [1.29, 1.82) is 0 Å². The van der Waals surface area contributed by atoms with Crippen molar-refractivity contribution in [1.82, 2.24) is 14.5 Å². The lowest BCUT2D eigenvalue weighted by Crippen LogP contribution is -2.38. The Balaban J connectivity index is 1.42. The normalized spacial score (nSPS) is 15.6. The number of anilines is 1. The highest BCUT2D eigenvalue weighted by Crippen LogP contribution is 2.34. The Morgan fingerprint density at radius 2 is 1.88 bits per heavy atom. The zero-order valence-corrected chi connectivity index (χ0v) is 19.5. The Kier molecular flexibility index (Phi) is 6.57. The van der Waals surface area contributed by atoms with E-state index < -0.39 is 21.7 Å². The van der Waals surface area contributed by atoms with E-state index in [1.807, 2.05) is 0 Å². The van der Waals surface area contributed by atoms with Gasteiger partial charge in [0, 0.05) is 24.0 Å². The summed E-state index contributed by atoms with van der Waals surface area (Å²) in [5, 5.41) is 11.8. The Morgan fingerprint density at radius 1 is 1.16 bits per heavy atom. The Labute approximate surface area is 194 Å². The summed E-state index contributed by atoms with van der Waals surface area (Å²) in [7, 11) is -3.65. The summed E-state index contributed by atoms with van der Waals surface area (Å²) in [5.74, 6) is -1.07. The van der Waals surface area contributed by atoms with Crippen LogP contribution in [0.1, 0.15) is 39.1 Å². The maximum atomic E-state index is 13.8. The number of sulfonamides is 1. The Hall–Kier alpha value is -2.40. The molecular weight excluding hydrogens is 475 g/mol. The SMILES string of the molecule is Cc1c(Cl)cccc1S(=O)(=O)N1CCC(c2nnc(C(=O)Nc3ccccc3F)s2)CC1. The monoisotopic (exact) mass is 494 g/mol. The van der Waals surface area contributed by atoms with Crippen molar-refractivity contribution in [2.45, 2.75) is 30.6 Å². The summed E-state index contributed by atoms with van der Waals surface area (Å²) in [4.78, 5) is 12.6. The van der Waals surface area contributed by atoms with Gasteiger partial charge in [-0.3, -0.25) is 4.79 Å². The number of rotatable bonds is 5. The number of carbonyl (C=O) groups is 1. The lowest BCUT2D eigenvalue weighted by Gasteiger charge is -2.30. The summed E-state index contributed by atoms with van der Waals surface area (Å²) in [6.07, 6.45) is 1.12. The highest BCUT2D eigenvalue weighted by Gasteiger charge is 2.32. The first-order valence-electron chi connectivity index (χ1n) is 9.92. The molecule has 0 radical (unpaired) electrons. The molecule has 1 aliphatic heterocycles. The van der Waals surface area contributed by atoms with E-state index >= 15 is 0 Å². The fraction of sp³-hybridized carbons (Fsp3) is 0.286. The Morgan fingerprint density at radius 3 is 2.59 bits per heavy atom. The number of piperidine rings is 1. The van der Waals surface area contributed by atoms with E-state index in [0.717, 1.165) is 11.3 Å². The van der Waals surface area contributed by atoms with Crippen LogP contribution in [0.25, 0.3) is 0 Å². The standard InChI is InChI=1S/C21H20ClFN4O3S2/c1-13-15(22)5-4-8-18(13)32(29,30)27-11-9-14(10-12-27)20-25-26-21(31-20)19(28)24-17-7-3-2-6-16(17)23/h2-8,14H,9-12H2,1H3,(H,24,28). The van der Waals surface area contributed by atoms with Crippen LogP contribution in [0.2, 0.25) is 5.02 Å². The quantitative estimate of drug-likeness (QED) is 0.565. The van der Waals surface area contributed by atoms with Crippen molar-refractivity contribution in [2.24, 2.45) is 0 Å². The van der Waals surface area contributed by atoms with Crippen molar-refractivity contribution in [2.75, 3.05) is 18.4 Å². The van der Waals surface area contributed by atoms with Gasteiger partial charge in [-0.1, -0.05) is 41.1 Å². The van der Waals surface area contributed by atoms with Crippen molar-refractivity contribution < 1.29 is 17.6 Å². The molecule has 0 spiro atoms. The molecule has 7 nitrogen and oxygen atoms in total. The fourth-order valence-corrected chi connectivity index (χ4v) is 6.43. The number of nitrogens with one attached hydrogen (secondary N) is 1. The summed E-state index contributed by atoms with van der Waals surface area (Å²) in [5.41, 5.74) is 0.606. The molecule has 0 atom stereocenters. The lowest BCUT2D eigenvalue weighted by molar-refractivity contribution is 0.102. The van der Waals surface area contributed by atoms with Crippen LogP contribution in [0.3, 0.4) is 0 Å². The first-order chi connectivity index (χ1) is 15.3. The Bertz CT molecular complexity index is 1260. The number of hydrogen-bond donors (Lipinski definition) is 1. The predicted octanol–water partition coefficient (Wildman–Crippen LogP) is 4.46. The zero-order valence-electron chi connectivity index (χ0n) is 17.1. The number of hydrogen-bond acceptors (Lipinski definition) is 6. The van der Waals surface area contributed by atoms with Gasteiger partial charge in [-0.15, -0.1) is 10.2 Å². The van der Waals surface area contributed by atoms with Crippen LogP contribution in [0.15, 0.2) is 47.4 Å². The van der Waals surface area contributed by atoms with Gasteiger partial charge in [0.15, 0.2) is 0 Å². The number of nitrogens with zero attached hydrogens (tertiary/aromatic N) is 3. The molecule has 2 aromatic carbocycles. The highest BCUT2D eigenvalue weighted by atomic mass is 35.5. The molecule has 1 N–H and O–H groups in total. The molecule has 1 amide bonds. The van der Waals surface area contributed by atoms with E-state index in [1.165, 1.54) is 22.5 Å². The fourth-order valence-electron chi connectivity index (χ4n) is 3.58. The third-order valence-corrected chi connectivity index (χ3v) is 8.93. The van der Waals surface area contributed by atoms with Crippen molar-refractivity contribution >= 4 is 44.6 Å². The molecule has 0 aliphatic carbocycles. The van der Waals surface area contributed by atoms with Gasteiger partial charge in [0.25, 0.3) is 5.91 Å². The second-order valence-corrected chi connectivity index (χ2v) is 10.7. The maximum absolute atomic E-state index is 13.8. The molecule has 2 heterocycles. The summed E-state index contributed by atoms with van der Waals surface area (Å²) < 4.78 is 41.3. The molecule has 1 aromatic heterocycles. The van der Waals surface area contributed by atoms with E-state index in [-0.39, 0.29) is 21.5 Å². The molecule has 3 aromatic rings. The maximum Gasteiger partial charge on any atom is 0.286 e. The summed E-state index contributed by atoms with van der Waals surface area (Å²) >= 11 is 7.24. The van der Waals surface area contributed by atoms with Gasteiger partial charge in [-0.25, -0.2) is 12.8 Å². The average Bonchev–Trinajstić information content (AvgIpc) is 3.28. The molecule has 0 unspecified atom stereocenters. The molecule has 1 aliphatic rings. The predicted molar refractivity (Wildman–Crippen MR) is 121 cm³/mol. The van der Waals surface area contributed by atoms with Crippen LogP contribution in [-0.2, 0) is 10.0 Å². The third-order valence-electron chi connectivity index (χ3n) is 5.40. The van der Waals surface area contributed by atoms with Gasteiger partial charge in [0.1, 0.15) is 10.8 Å². The molecule has 11 heteroatoms. The number of amides is 1. The minimum Gasteiger partial charge on any atom is -0.317 e. The number of halogens is 2. The van der Waals surface area contributed by atoms with E-state index in [1.54, 1.807) is 31.2 Å². The molecule has 4 rings (SSSR count). The van der Waals surface area contributed by atoms with Crippen molar-refractivity contribution in [3.05, 3.63) is 68.9 Å². The largest absolute Gasteiger partial charge is 0.317 e. The minimum absolute atomic E-state index is 0.00517. The van der Waals surface area contributed by atoms with Crippen LogP contribution >= 0.6 is 22.9 Å². The van der Waals surface area contributed by atoms with E-state index in [2.05, 4.69) is 15.5 Å². The second kappa shape index (κ2) is 9.22. The average molecular weight is 495 g/mol. The van der Waals surface area contributed by atoms with Crippen molar-refractivity contribution in [3.63, 3.8) is 0 Å². The summed E-state index contributed by atoms with van der Waals surface area (Å²) in [6, 6.07) is 10.7. The lowest BCUT2D eigenvalue weighted by atomic mass is 9.99. The van der Waals surface area contributed by atoms with Crippen LogP contribution in [0.5, 0.6) is 0 Å². The molecule has 168 valence electrons. The molecular formula is C21H20ClFN4O3S2. The van der Waals surface area contributed by atoms with Crippen LogP contribution in [-0.4, -0.2) is 41.9 Å². The topological polar surface area (TPSA) is 92.3 Å². The van der Waals surface area contributed by atoms with Gasteiger partial charge >= 0.3 is 0 Å². The first-order valence-corrected chi connectivity index (χ1v) is 12.6. The molecule has 1 fully saturated rings. The van der Waals surface area contributed by atoms with Gasteiger partial charge in [-0.2, -0.15) is 4.31 Å². The number of carbonyl (C=O) groups excluding carboxylic acids is 1. The van der Waals surface area contributed by atoms with Gasteiger partial charge in [-0.05, 0) is 49.6 Å². The molecule has 1 saturated heterocycles. The number of aromatic nitrogens is 2. The minimum atomic E-state index is -3.65. The van der Waals surface area contributed by atoms with E-state index in [0.29, 0.717) is 41.5 Å².